The first-order valence-electron chi connectivity index (χ1n) is 8.18. The van der Waals surface area contributed by atoms with Crippen LogP contribution in [0, 0.1) is 23.2 Å². The molecular weight excluding hydrogens is 232 g/mol. The van der Waals surface area contributed by atoms with Crippen LogP contribution in [-0.2, 0) is 0 Å². The van der Waals surface area contributed by atoms with Crippen molar-refractivity contribution in [2.75, 3.05) is 0 Å². The fourth-order valence-corrected chi connectivity index (χ4v) is 4.17. The highest BCUT2D eigenvalue weighted by atomic mass is 16.3. The van der Waals surface area contributed by atoms with E-state index in [2.05, 4.69) is 46.8 Å². The Hall–Kier alpha value is -0.300. The van der Waals surface area contributed by atoms with E-state index in [0.717, 1.165) is 12.3 Å². The Bertz CT molecular complexity index is 303. The highest BCUT2D eigenvalue weighted by Crippen LogP contribution is 2.55. The number of aliphatic hydroxyl groups is 1. The van der Waals surface area contributed by atoms with Crippen LogP contribution in [0.4, 0.5) is 0 Å². The number of allylic oxidation sites excluding steroid dienone is 1. The van der Waals surface area contributed by atoms with Crippen LogP contribution in [0.3, 0.4) is 0 Å². The molecule has 1 saturated carbocycles. The molecule has 0 amide bonds. The van der Waals surface area contributed by atoms with Gasteiger partial charge in [-0.15, -0.1) is 0 Å². The lowest BCUT2D eigenvalue weighted by Crippen LogP contribution is -2.42. The van der Waals surface area contributed by atoms with Gasteiger partial charge in [0.1, 0.15) is 0 Å². The van der Waals surface area contributed by atoms with Gasteiger partial charge >= 0.3 is 0 Å². The minimum Gasteiger partial charge on any atom is -0.386 e. The third-order valence-corrected chi connectivity index (χ3v) is 5.56. The zero-order valence-corrected chi connectivity index (χ0v) is 13.9. The highest BCUT2D eigenvalue weighted by Gasteiger charge is 2.50. The van der Waals surface area contributed by atoms with Crippen molar-refractivity contribution in [1.29, 1.82) is 0 Å². The van der Waals surface area contributed by atoms with E-state index in [0.29, 0.717) is 17.3 Å². The molecule has 1 rings (SSSR count). The van der Waals surface area contributed by atoms with Crippen molar-refractivity contribution in [3.8, 4) is 0 Å². The maximum atomic E-state index is 10.9. The van der Waals surface area contributed by atoms with Gasteiger partial charge in [-0.1, -0.05) is 59.6 Å². The summed E-state index contributed by atoms with van der Waals surface area (Å²) in [5.41, 5.74) is -0.357. The third kappa shape index (κ3) is 3.62. The molecule has 1 nitrogen and oxygen atoms in total. The molecule has 1 heteroatoms. The van der Waals surface area contributed by atoms with Gasteiger partial charge in [0.25, 0.3) is 0 Å². The molecule has 0 aromatic carbocycles. The molecule has 0 aromatic rings. The van der Waals surface area contributed by atoms with Gasteiger partial charge in [0.15, 0.2) is 0 Å². The molecule has 1 aliphatic carbocycles. The van der Waals surface area contributed by atoms with Crippen LogP contribution in [0.1, 0.15) is 73.6 Å². The molecular formula is C18H34O. The summed E-state index contributed by atoms with van der Waals surface area (Å²) in [5.74, 6) is 1.84. The predicted molar refractivity (Wildman–Crippen MR) is 84.1 cm³/mol. The van der Waals surface area contributed by atoms with E-state index in [1.165, 1.54) is 25.7 Å². The predicted octanol–water partition coefficient (Wildman–Crippen LogP) is 5.19. The second-order valence-electron chi connectivity index (χ2n) is 7.35. The normalized spacial score (nSPS) is 35.2. The first kappa shape index (κ1) is 16.8. The van der Waals surface area contributed by atoms with Gasteiger partial charge in [-0.25, -0.2) is 0 Å². The molecule has 0 bridgehead atoms. The minimum absolute atomic E-state index is 0.292. The summed E-state index contributed by atoms with van der Waals surface area (Å²) in [6.45, 7) is 13.4. The molecule has 19 heavy (non-hydrogen) atoms. The summed E-state index contributed by atoms with van der Waals surface area (Å²) < 4.78 is 0. The monoisotopic (exact) mass is 266 g/mol. The Labute approximate surface area is 120 Å². The van der Waals surface area contributed by atoms with Crippen molar-refractivity contribution in [3.63, 3.8) is 0 Å². The lowest BCUT2D eigenvalue weighted by Gasteiger charge is -2.42. The van der Waals surface area contributed by atoms with Crippen LogP contribution in [-0.4, -0.2) is 10.7 Å². The third-order valence-electron chi connectivity index (χ3n) is 5.56. The van der Waals surface area contributed by atoms with Crippen molar-refractivity contribution < 1.29 is 5.11 Å². The number of rotatable bonds is 6. The smallest absolute Gasteiger partial charge is 0.0832 e. The van der Waals surface area contributed by atoms with Gasteiger partial charge in [-0.05, 0) is 49.4 Å². The molecule has 0 saturated heterocycles. The summed E-state index contributed by atoms with van der Waals surface area (Å²) in [5, 5.41) is 10.9. The molecule has 0 aliphatic heterocycles. The second-order valence-corrected chi connectivity index (χ2v) is 7.35. The molecule has 1 fully saturated rings. The van der Waals surface area contributed by atoms with Crippen molar-refractivity contribution in [2.24, 2.45) is 23.2 Å². The Balaban J connectivity index is 2.85. The summed E-state index contributed by atoms with van der Waals surface area (Å²) in [4.78, 5) is 0. The zero-order chi connectivity index (χ0) is 14.7. The van der Waals surface area contributed by atoms with E-state index >= 15 is 0 Å². The average Bonchev–Trinajstić information content (AvgIpc) is 2.66. The van der Waals surface area contributed by atoms with Crippen LogP contribution < -0.4 is 0 Å². The fraction of sp³-hybridized carbons (Fsp3) is 0.889. The van der Waals surface area contributed by atoms with Gasteiger partial charge in [0, 0.05) is 0 Å². The van der Waals surface area contributed by atoms with Crippen LogP contribution in [0.15, 0.2) is 12.2 Å². The van der Waals surface area contributed by atoms with E-state index in [1.54, 1.807) is 0 Å². The van der Waals surface area contributed by atoms with Crippen LogP contribution >= 0.6 is 0 Å². The van der Waals surface area contributed by atoms with E-state index in [1.807, 2.05) is 6.92 Å². The Morgan fingerprint density at radius 3 is 2.42 bits per heavy atom. The SMILES string of the molecule is CC[C@@H]1CC[C@H]([C@@](C)(O)/C=C/CC(C)C)C1(C)CC. The first-order valence-corrected chi connectivity index (χ1v) is 8.18. The average molecular weight is 266 g/mol. The molecule has 0 aromatic heterocycles. The van der Waals surface area contributed by atoms with Gasteiger partial charge in [0.05, 0.1) is 5.60 Å². The van der Waals surface area contributed by atoms with Gasteiger partial charge in [-0.2, -0.15) is 0 Å². The fourth-order valence-electron chi connectivity index (χ4n) is 4.17. The van der Waals surface area contributed by atoms with Crippen molar-refractivity contribution in [1.82, 2.24) is 0 Å². The zero-order valence-electron chi connectivity index (χ0n) is 13.9. The second kappa shape index (κ2) is 6.43. The summed E-state index contributed by atoms with van der Waals surface area (Å²) >= 11 is 0. The lowest BCUT2D eigenvalue weighted by atomic mass is 9.65. The number of hydrogen-bond acceptors (Lipinski definition) is 1. The topological polar surface area (TPSA) is 20.2 Å². The largest absolute Gasteiger partial charge is 0.386 e. The molecule has 4 atom stereocenters. The quantitative estimate of drug-likeness (QED) is 0.656. The standard InChI is InChI=1S/C18H34O/c1-7-15-11-12-16(17(15,5)8-2)18(6,19)13-9-10-14(3)4/h9,13-16,19H,7-8,10-12H2,1-6H3/b13-9+/t15-,16+,17?,18+/m1/s1. The maximum absolute atomic E-state index is 10.9. The Morgan fingerprint density at radius 2 is 1.95 bits per heavy atom. The Kier molecular flexibility index (Phi) is 5.67. The van der Waals surface area contributed by atoms with Crippen LogP contribution in [0.25, 0.3) is 0 Å². The van der Waals surface area contributed by atoms with E-state index in [4.69, 9.17) is 0 Å². The summed E-state index contributed by atoms with van der Waals surface area (Å²) in [7, 11) is 0. The van der Waals surface area contributed by atoms with Crippen molar-refractivity contribution >= 4 is 0 Å². The molecule has 0 radical (unpaired) electrons. The van der Waals surface area contributed by atoms with Gasteiger partial charge in [-0.3, -0.25) is 0 Å². The van der Waals surface area contributed by atoms with Crippen LogP contribution in [0.5, 0.6) is 0 Å². The van der Waals surface area contributed by atoms with Crippen LogP contribution in [0.2, 0.25) is 0 Å². The molecule has 1 unspecified atom stereocenters. The molecule has 112 valence electrons. The van der Waals surface area contributed by atoms with Crippen molar-refractivity contribution in [3.05, 3.63) is 12.2 Å². The first-order chi connectivity index (χ1) is 8.78. The van der Waals surface area contributed by atoms with Gasteiger partial charge in [0.2, 0.25) is 0 Å². The highest BCUT2D eigenvalue weighted by molar-refractivity contribution is 5.10. The minimum atomic E-state index is -0.649. The van der Waals surface area contributed by atoms with E-state index < -0.39 is 5.60 Å². The van der Waals surface area contributed by atoms with E-state index in [9.17, 15) is 5.11 Å². The lowest BCUT2D eigenvalue weighted by molar-refractivity contribution is -0.0213. The Morgan fingerprint density at radius 1 is 1.32 bits per heavy atom. The van der Waals surface area contributed by atoms with Gasteiger partial charge < -0.3 is 5.11 Å². The molecule has 1 aliphatic rings. The number of hydrogen-bond donors (Lipinski definition) is 1. The molecule has 1 N–H and O–H groups in total. The molecule has 0 spiro atoms. The van der Waals surface area contributed by atoms with E-state index in [-0.39, 0.29) is 0 Å². The maximum Gasteiger partial charge on any atom is 0.0832 e. The summed E-state index contributed by atoms with van der Waals surface area (Å²) in [6.07, 6.45) is 10.2. The van der Waals surface area contributed by atoms with Crippen molar-refractivity contribution in [2.45, 2.75) is 79.2 Å². The molecule has 0 heterocycles. The summed E-state index contributed by atoms with van der Waals surface area (Å²) in [6, 6.07) is 0.